The quantitative estimate of drug-likeness (QED) is 0.294. The summed E-state index contributed by atoms with van der Waals surface area (Å²) < 4.78 is 1.45. The molecular formula is C33H26N6O3. The van der Waals surface area contributed by atoms with Crippen LogP contribution in [0, 0.1) is 5.92 Å². The zero-order valence-corrected chi connectivity index (χ0v) is 22.7. The number of anilines is 3. The summed E-state index contributed by atoms with van der Waals surface area (Å²) in [5, 5.41) is 6.43. The van der Waals surface area contributed by atoms with Crippen molar-refractivity contribution in [2.45, 2.75) is 12.6 Å². The van der Waals surface area contributed by atoms with Gasteiger partial charge in [0.05, 0.1) is 17.1 Å². The van der Waals surface area contributed by atoms with E-state index in [2.05, 4.69) is 0 Å². The van der Waals surface area contributed by atoms with Gasteiger partial charge in [0.2, 0.25) is 5.91 Å². The molecule has 206 valence electrons. The lowest BCUT2D eigenvalue weighted by Crippen LogP contribution is -2.39. The molecule has 2 aliphatic heterocycles. The van der Waals surface area contributed by atoms with Crippen molar-refractivity contribution in [3.05, 3.63) is 137 Å². The lowest BCUT2D eigenvalue weighted by atomic mass is 9.93. The van der Waals surface area contributed by atoms with Crippen molar-refractivity contribution in [3.63, 3.8) is 0 Å². The molecule has 42 heavy (non-hydrogen) atoms. The predicted molar refractivity (Wildman–Crippen MR) is 162 cm³/mol. The monoisotopic (exact) mass is 554 g/mol. The Hall–Kier alpha value is -5.57. The van der Waals surface area contributed by atoms with Crippen molar-refractivity contribution in [2.24, 2.45) is 11.0 Å². The van der Waals surface area contributed by atoms with Gasteiger partial charge in [0.15, 0.2) is 0 Å². The van der Waals surface area contributed by atoms with Crippen molar-refractivity contribution in [1.82, 2.24) is 9.38 Å². The fourth-order valence-electron chi connectivity index (χ4n) is 5.76. The highest BCUT2D eigenvalue weighted by Gasteiger charge is 2.58. The number of hydrogen-bond acceptors (Lipinski definition) is 7. The Labute approximate surface area is 241 Å². The van der Waals surface area contributed by atoms with Crippen molar-refractivity contribution in [3.8, 4) is 0 Å². The Bertz CT molecular complexity index is 1910. The first-order valence-corrected chi connectivity index (χ1v) is 13.7. The SMILES string of the molecule is CN(Cc1ccccc1)c1nc2ccccn2c(=O)c1C1=NN(c2ccccc2)[C@@H]2C(=O)N(c3ccccc3)C(=O)[C@H]12. The summed E-state index contributed by atoms with van der Waals surface area (Å²) in [6, 6.07) is 32.3. The van der Waals surface area contributed by atoms with Gasteiger partial charge in [-0.15, -0.1) is 0 Å². The molecule has 5 aromatic rings. The lowest BCUT2D eigenvalue weighted by Gasteiger charge is -2.23. The average Bonchev–Trinajstić information content (AvgIpc) is 3.54. The molecule has 4 heterocycles. The summed E-state index contributed by atoms with van der Waals surface area (Å²) in [7, 11) is 1.86. The van der Waals surface area contributed by atoms with Crippen molar-refractivity contribution < 1.29 is 9.59 Å². The minimum absolute atomic E-state index is 0.196. The Morgan fingerprint density at radius 3 is 2.05 bits per heavy atom. The molecule has 0 bridgehead atoms. The lowest BCUT2D eigenvalue weighted by molar-refractivity contribution is -0.121. The second kappa shape index (κ2) is 10.1. The number of fused-ring (bicyclic) bond motifs is 2. The summed E-state index contributed by atoms with van der Waals surface area (Å²) >= 11 is 0. The zero-order valence-electron chi connectivity index (χ0n) is 22.7. The van der Waals surface area contributed by atoms with E-state index in [9.17, 15) is 14.4 Å². The average molecular weight is 555 g/mol. The molecular weight excluding hydrogens is 528 g/mol. The first kappa shape index (κ1) is 25.4. The molecule has 1 fully saturated rings. The van der Waals surface area contributed by atoms with Crippen LogP contribution in [0.4, 0.5) is 17.2 Å². The van der Waals surface area contributed by atoms with Gasteiger partial charge in [-0.25, -0.2) is 9.88 Å². The number of pyridine rings is 1. The number of imide groups is 1. The summed E-state index contributed by atoms with van der Waals surface area (Å²) in [4.78, 5) is 50.4. The van der Waals surface area contributed by atoms with Crippen molar-refractivity contribution in [1.29, 1.82) is 0 Å². The molecule has 2 aromatic heterocycles. The Morgan fingerprint density at radius 1 is 0.738 bits per heavy atom. The Kier molecular flexibility index (Phi) is 6.12. The van der Waals surface area contributed by atoms with Crippen LogP contribution >= 0.6 is 0 Å². The van der Waals surface area contributed by atoms with E-state index < -0.39 is 23.8 Å². The Balaban J connectivity index is 1.44. The molecule has 2 atom stereocenters. The third-order valence-corrected chi connectivity index (χ3v) is 7.68. The summed E-state index contributed by atoms with van der Waals surface area (Å²) in [6.45, 7) is 0.468. The van der Waals surface area contributed by atoms with E-state index in [1.54, 1.807) is 47.6 Å². The van der Waals surface area contributed by atoms with Gasteiger partial charge in [0, 0.05) is 19.8 Å². The van der Waals surface area contributed by atoms with Crippen LogP contribution in [-0.4, -0.2) is 40.0 Å². The molecule has 0 spiro atoms. The van der Waals surface area contributed by atoms with Gasteiger partial charge in [-0.1, -0.05) is 72.8 Å². The standard InChI is InChI=1S/C33H26N6O3/c1-36(21-22-13-5-2-6-14-22)30-27(31(40)37-20-12-11-19-25(37)34-30)28-26-29(39(35-28)24-17-9-4-10-18-24)33(42)38(32(26)41)23-15-7-3-8-16-23/h2-20,26,29H,21H2,1H3/t26-,29+/m1/s1. The molecule has 7 rings (SSSR count). The van der Waals surface area contributed by atoms with Gasteiger partial charge in [-0.3, -0.25) is 23.8 Å². The molecule has 9 heteroatoms. The largest absolute Gasteiger partial charge is 0.355 e. The smallest absolute Gasteiger partial charge is 0.269 e. The van der Waals surface area contributed by atoms with Crippen LogP contribution in [-0.2, 0) is 16.1 Å². The van der Waals surface area contributed by atoms with Crippen LogP contribution in [0.1, 0.15) is 11.1 Å². The number of benzene rings is 3. The van der Waals surface area contributed by atoms with E-state index >= 15 is 0 Å². The van der Waals surface area contributed by atoms with Crippen LogP contribution in [0.3, 0.4) is 0 Å². The number of nitrogens with zero attached hydrogens (tertiary/aromatic N) is 6. The highest BCUT2D eigenvalue weighted by atomic mass is 16.2. The molecule has 9 nitrogen and oxygen atoms in total. The van der Waals surface area contributed by atoms with E-state index in [4.69, 9.17) is 10.1 Å². The van der Waals surface area contributed by atoms with Crippen molar-refractivity contribution >= 4 is 40.4 Å². The number of aromatic nitrogens is 2. The minimum Gasteiger partial charge on any atom is -0.355 e. The summed E-state index contributed by atoms with van der Waals surface area (Å²) in [5.74, 6) is -1.44. The molecule has 0 aliphatic carbocycles. The molecule has 0 unspecified atom stereocenters. The first-order valence-electron chi connectivity index (χ1n) is 13.7. The van der Waals surface area contributed by atoms with E-state index in [-0.39, 0.29) is 16.8 Å². The van der Waals surface area contributed by atoms with E-state index in [1.165, 1.54) is 9.30 Å². The topological polar surface area (TPSA) is 90.6 Å². The second-order valence-electron chi connectivity index (χ2n) is 10.3. The van der Waals surface area contributed by atoms with Crippen LogP contribution in [0.5, 0.6) is 0 Å². The van der Waals surface area contributed by atoms with Crippen molar-refractivity contribution in [2.75, 3.05) is 21.9 Å². The van der Waals surface area contributed by atoms with Gasteiger partial charge in [0.1, 0.15) is 29.0 Å². The van der Waals surface area contributed by atoms with E-state index in [0.717, 1.165) is 5.56 Å². The predicted octanol–water partition coefficient (Wildman–Crippen LogP) is 4.11. The Morgan fingerprint density at radius 2 is 1.36 bits per heavy atom. The fourth-order valence-corrected chi connectivity index (χ4v) is 5.76. The highest BCUT2D eigenvalue weighted by molar-refractivity contribution is 6.34. The number of amides is 2. The molecule has 0 radical (unpaired) electrons. The van der Waals surface area contributed by atoms with E-state index in [0.29, 0.717) is 29.4 Å². The molecule has 3 aromatic carbocycles. The van der Waals surface area contributed by atoms with Crippen LogP contribution in [0.2, 0.25) is 0 Å². The second-order valence-corrected chi connectivity index (χ2v) is 10.3. The molecule has 0 saturated carbocycles. The number of hydrazone groups is 1. The molecule has 2 amide bonds. The molecule has 2 aliphatic rings. The molecule has 1 saturated heterocycles. The highest BCUT2D eigenvalue weighted by Crippen LogP contribution is 2.40. The normalized spacial score (nSPS) is 18.0. The maximum Gasteiger partial charge on any atom is 0.269 e. The zero-order chi connectivity index (χ0) is 28.8. The minimum atomic E-state index is -1.00. The van der Waals surface area contributed by atoms with Gasteiger partial charge >= 0.3 is 0 Å². The third kappa shape index (κ3) is 4.05. The fraction of sp³-hybridized carbons (Fsp3) is 0.121. The number of rotatable bonds is 6. The maximum atomic E-state index is 14.3. The summed E-state index contributed by atoms with van der Waals surface area (Å²) in [5.41, 5.74) is 2.68. The van der Waals surface area contributed by atoms with Crippen LogP contribution < -0.4 is 20.4 Å². The number of hydrogen-bond donors (Lipinski definition) is 0. The summed E-state index contributed by atoms with van der Waals surface area (Å²) in [6.07, 6.45) is 1.65. The van der Waals surface area contributed by atoms with Gasteiger partial charge in [-0.2, -0.15) is 5.10 Å². The first-order chi connectivity index (χ1) is 20.5. The van der Waals surface area contributed by atoms with Gasteiger partial charge in [-0.05, 0) is 42.0 Å². The van der Waals surface area contributed by atoms with Gasteiger partial charge < -0.3 is 4.90 Å². The van der Waals surface area contributed by atoms with Crippen LogP contribution in [0.15, 0.2) is 125 Å². The van der Waals surface area contributed by atoms with E-state index in [1.807, 2.05) is 84.7 Å². The maximum absolute atomic E-state index is 14.3. The number of carbonyl (C=O) groups is 2. The number of para-hydroxylation sites is 2. The molecule has 0 N–H and O–H groups in total. The van der Waals surface area contributed by atoms with Crippen LogP contribution in [0.25, 0.3) is 5.65 Å². The van der Waals surface area contributed by atoms with Gasteiger partial charge in [0.25, 0.3) is 11.5 Å². The third-order valence-electron chi connectivity index (χ3n) is 7.68. The number of carbonyl (C=O) groups excluding carboxylic acids is 2.